The molecule has 1 saturated carbocycles. The van der Waals surface area contributed by atoms with Gasteiger partial charge in [0.25, 0.3) is 5.56 Å². The van der Waals surface area contributed by atoms with E-state index in [0.717, 1.165) is 18.2 Å². The molecule has 0 radical (unpaired) electrons. The molecule has 10 nitrogen and oxygen atoms in total. The number of hydrogen-bond acceptors (Lipinski definition) is 8. The van der Waals surface area contributed by atoms with Crippen molar-refractivity contribution in [3.05, 3.63) is 52.5 Å². The standard InChI is InChI=1S/C25H27F4N5O5S/c1-25(36)8-2-3-20(25)34-21-14(11-19(22(34)35)39-23(28)29)13-30-24(32-21)31-15-6-9-33(10-7-15)40(37,38)16-4-5-17(26)18(27)12-16/h4-5,11-13,15,20,23,36H,2-3,6-10H2,1H3,(H,30,31,32)/t20-,25-/m1/s1. The van der Waals surface area contributed by atoms with E-state index in [0.29, 0.717) is 38.2 Å². The van der Waals surface area contributed by atoms with Gasteiger partial charge in [0.15, 0.2) is 17.4 Å². The molecule has 1 aliphatic carbocycles. The molecule has 2 fully saturated rings. The number of pyridine rings is 1. The van der Waals surface area contributed by atoms with Crippen LogP contribution in [0.4, 0.5) is 23.5 Å². The highest BCUT2D eigenvalue weighted by Crippen LogP contribution is 2.40. The quantitative estimate of drug-likeness (QED) is 0.404. The fourth-order valence-electron chi connectivity index (χ4n) is 5.38. The van der Waals surface area contributed by atoms with E-state index in [9.17, 15) is 35.9 Å². The minimum atomic E-state index is -4.03. The molecule has 0 unspecified atom stereocenters. The third-order valence-corrected chi connectivity index (χ3v) is 9.36. The number of nitrogens with zero attached hydrogens (tertiary/aromatic N) is 4. The van der Waals surface area contributed by atoms with Crippen molar-refractivity contribution < 1.29 is 35.8 Å². The zero-order valence-corrected chi connectivity index (χ0v) is 22.2. The predicted molar refractivity (Wildman–Crippen MR) is 136 cm³/mol. The van der Waals surface area contributed by atoms with E-state index in [1.807, 2.05) is 0 Å². The molecule has 1 aromatic carbocycles. The van der Waals surface area contributed by atoms with Crippen LogP contribution in [0.25, 0.3) is 11.0 Å². The van der Waals surface area contributed by atoms with Gasteiger partial charge in [-0.25, -0.2) is 22.2 Å². The molecule has 2 aliphatic rings. The number of hydrogen-bond donors (Lipinski definition) is 2. The van der Waals surface area contributed by atoms with Gasteiger partial charge in [0.05, 0.1) is 16.5 Å². The average Bonchev–Trinajstić information content (AvgIpc) is 3.24. The molecule has 216 valence electrons. The second-order valence-corrected chi connectivity index (χ2v) is 12.1. The topological polar surface area (TPSA) is 127 Å². The van der Waals surface area contributed by atoms with Crippen molar-refractivity contribution in [2.24, 2.45) is 0 Å². The van der Waals surface area contributed by atoms with Gasteiger partial charge in [-0.15, -0.1) is 0 Å². The summed E-state index contributed by atoms with van der Waals surface area (Å²) >= 11 is 0. The number of aromatic nitrogens is 3. The number of halogens is 4. The second kappa shape index (κ2) is 10.6. The van der Waals surface area contributed by atoms with Crippen molar-refractivity contribution in [2.45, 2.75) is 68.2 Å². The highest BCUT2D eigenvalue weighted by molar-refractivity contribution is 7.89. The first-order valence-electron chi connectivity index (χ1n) is 12.7. The van der Waals surface area contributed by atoms with E-state index in [-0.39, 0.29) is 41.0 Å². The number of anilines is 1. The monoisotopic (exact) mass is 585 g/mol. The zero-order valence-electron chi connectivity index (χ0n) is 21.4. The normalized spacial score (nSPS) is 22.7. The Morgan fingerprint density at radius 1 is 1.15 bits per heavy atom. The first-order chi connectivity index (χ1) is 18.9. The lowest BCUT2D eigenvalue weighted by molar-refractivity contribution is -0.0513. The van der Waals surface area contributed by atoms with E-state index in [4.69, 9.17) is 0 Å². The van der Waals surface area contributed by atoms with Crippen molar-refractivity contribution >= 4 is 27.0 Å². The predicted octanol–water partition coefficient (Wildman–Crippen LogP) is 3.41. The summed E-state index contributed by atoms with van der Waals surface area (Å²) in [5.41, 5.74) is -1.99. The van der Waals surface area contributed by atoms with Crippen LogP contribution in [0.2, 0.25) is 0 Å². The summed E-state index contributed by atoms with van der Waals surface area (Å²) in [5.74, 6) is -2.85. The summed E-state index contributed by atoms with van der Waals surface area (Å²) in [6.45, 7) is -1.46. The Kier molecular flexibility index (Phi) is 7.48. The maximum Gasteiger partial charge on any atom is 0.387 e. The molecule has 3 aromatic rings. The number of alkyl halides is 2. The lowest BCUT2D eigenvalue weighted by atomic mass is 10.00. The SMILES string of the molecule is C[C@@]1(O)CCC[C@H]1n1c(=O)c(OC(F)F)cc2cnc(NC3CCN(S(=O)(=O)c4ccc(F)c(F)c4)CC3)nc21. The molecule has 15 heteroatoms. The van der Waals surface area contributed by atoms with Gasteiger partial charge in [-0.3, -0.25) is 9.36 Å². The van der Waals surface area contributed by atoms with Crippen molar-refractivity contribution in [3.63, 3.8) is 0 Å². The maximum absolute atomic E-state index is 13.6. The number of nitrogens with one attached hydrogen (secondary N) is 1. The van der Waals surface area contributed by atoms with Crippen LogP contribution in [-0.2, 0) is 10.0 Å². The van der Waals surface area contributed by atoms with Crippen LogP contribution in [0.1, 0.15) is 45.1 Å². The second-order valence-electron chi connectivity index (χ2n) is 10.2. The smallest absolute Gasteiger partial charge is 0.387 e. The highest BCUT2D eigenvalue weighted by atomic mass is 32.2. The number of aliphatic hydroxyl groups is 1. The summed E-state index contributed by atoms with van der Waals surface area (Å²) in [6, 6.07) is 2.58. The zero-order chi connectivity index (χ0) is 28.8. The Balaban J connectivity index is 1.38. The average molecular weight is 586 g/mol. The van der Waals surface area contributed by atoms with Gasteiger partial charge in [0.2, 0.25) is 16.0 Å². The van der Waals surface area contributed by atoms with Gasteiger partial charge in [0.1, 0.15) is 5.65 Å². The van der Waals surface area contributed by atoms with Crippen molar-refractivity contribution in [1.82, 2.24) is 18.8 Å². The van der Waals surface area contributed by atoms with Gasteiger partial charge in [-0.2, -0.15) is 18.1 Å². The first-order valence-corrected chi connectivity index (χ1v) is 14.1. The number of piperidine rings is 1. The number of rotatable bonds is 7. The Labute approximate surface area is 226 Å². The van der Waals surface area contributed by atoms with Gasteiger partial charge in [-0.1, -0.05) is 0 Å². The lowest BCUT2D eigenvalue weighted by Gasteiger charge is -2.32. The third-order valence-electron chi connectivity index (χ3n) is 7.46. The van der Waals surface area contributed by atoms with Gasteiger partial charge in [-0.05, 0) is 63.3 Å². The summed E-state index contributed by atoms with van der Waals surface area (Å²) < 4.78 is 85.4. The van der Waals surface area contributed by atoms with Crippen molar-refractivity contribution in [2.75, 3.05) is 18.4 Å². The fraction of sp³-hybridized carbons (Fsp3) is 0.480. The molecule has 1 aliphatic heterocycles. The van der Waals surface area contributed by atoms with E-state index in [1.54, 1.807) is 6.92 Å². The molecule has 2 N–H and O–H groups in total. The van der Waals surface area contributed by atoms with Crippen LogP contribution in [0.15, 0.2) is 40.2 Å². The Hall–Kier alpha value is -3.30. The Morgan fingerprint density at radius 3 is 2.50 bits per heavy atom. The lowest BCUT2D eigenvalue weighted by Crippen LogP contribution is -2.42. The van der Waals surface area contributed by atoms with Gasteiger partial charge in [0, 0.05) is 30.7 Å². The summed E-state index contributed by atoms with van der Waals surface area (Å²) in [6.07, 6.45) is 3.50. The molecule has 0 spiro atoms. The van der Waals surface area contributed by atoms with Crippen molar-refractivity contribution in [3.8, 4) is 5.75 Å². The summed E-state index contributed by atoms with van der Waals surface area (Å²) in [7, 11) is -4.03. The molecule has 0 bridgehead atoms. The highest BCUT2D eigenvalue weighted by Gasteiger charge is 2.40. The minimum absolute atomic E-state index is 0.0938. The van der Waals surface area contributed by atoms with E-state index < -0.39 is 51.2 Å². The molecular formula is C25H27F4N5O5S. The molecule has 5 rings (SSSR count). The molecule has 2 aromatic heterocycles. The van der Waals surface area contributed by atoms with Crippen LogP contribution in [0.3, 0.4) is 0 Å². The molecule has 1 saturated heterocycles. The summed E-state index contributed by atoms with van der Waals surface area (Å²) in [5, 5.41) is 14.3. The van der Waals surface area contributed by atoms with Crippen LogP contribution in [-0.4, -0.2) is 63.7 Å². The van der Waals surface area contributed by atoms with E-state index in [1.165, 1.54) is 15.1 Å². The maximum atomic E-state index is 13.6. The van der Waals surface area contributed by atoms with Gasteiger partial charge >= 0.3 is 6.61 Å². The first kappa shape index (κ1) is 28.2. The van der Waals surface area contributed by atoms with Crippen LogP contribution < -0.4 is 15.6 Å². The number of benzene rings is 1. The molecule has 2 atom stereocenters. The van der Waals surface area contributed by atoms with E-state index >= 15 is 0 Å². The molecular weight excluding hydrogens is 558 g/mol. The Bertz CT molecular complexity index is 1590. The molecule has 0 amide bonds. The molecule has 40 heavy (non-hydrogen) atoms. The number of fused-ring (bicyclic) bond motifs is 1. The minimum Gasteiger partial charge on any atom is -0.429 e. The molecule has 3 heterocycles. The van der Waals surface area contributed by atoms with E-state index in [2.05, 4.69) is 20.0 Å². The summed E-state index contributed by atoms with van der Waals surface area (Å²) in [4.78, 5) is 21.6. The van der Waals surface area contributed by atoms with Crippen LogP contribution in [0.5, 0.6) is 5.75 Å². The van der Waals surface area contributed by atoms with Crippen LogP contribution in [0, 0.1) is 11.6 Å². The fourth-order valence-corrected chi connectivity index (χ4v) is 6.86. The largest absolute Gasteiger partial charge is 0.429 e. The van der Waals surface area contributed by atoms with Crippen molar-refractivity contribution in [1.29, 1.82) is 0 Å². The van der Waals surface area contributed by atoms with Crippen LogP contribution >= 0.6 is 0 Å². The third kappa shape index (κ3) is 5.37. The Morgan fingerprint density at radius 2 is 1.88 bits per heavy atom. The number of sulfonamides is 1. The number of ether oxygens (including phenoxy) is 1. The van der Waals surface area contributed by atoms with Gasteiger partial charge < -0.3 is 15.2 Å².